The molecular weight excluding hydrogens is 901 g/mol. The molecule has 0 fully saturated rings. The molecule has 0 spiro atoms. The fraction of sp³-hybridized carbons (Fsp3) is 0.0182. The second-order valence-electron chi connectivity index (χ2n) is 16.0. The molecular formula is C55H40O9S3. The van der Waals surface area contributed by atoms with Crippen LogP contribution in [0.5, 0.6) is 0 Å². The molecule has 0 radical (unpaired) electrons. The predicted octanol–water partition coefficient (Wildman–Crippen LogP) is 13.1. The Kier molecular flexibility index (Phi) is 11.9. The second-order valence-corrected chi connectivity index (χ2v) is 20.2. The van der Waals surface area contributed by atoms with E-state index in [9.17, 15) is 38.9 Å². The maximum atomic E-state index is 12.2. The fourth-order valence-corrected chi connectivity index (χ4v) is 10.2. The van der Waals surface area contributed by atoms with Crippen LogP contribution in [-0.2, 0) is 30.4 Å². The largest absolute Gasteiger partial charge is 0.294 e. The maximum Gasteiger partial charge on any atom is 0.294 e. The van der Waals surface area contributed by atoms with Gasteiger partial charge in [-0.3, -0.25) is 13.7 Å². The van der Waals surface area contributed by atoms with Gasteiger partial charge in [0.2, 0.25) is 0 Å². The molecule has 0 heterocycles. The Morgan fingerprint density at radius 1 is 0.269 bits per heavy atom. The van der Waals surface area contributed by atoms with E-state index in [4.69, 9.17) is 0 Å². The summed E-state index contributed by atoms with van der Waals surface area (Å²) in [6, 6.07) is 61.9. The van der Waals surface area contributed by atoms with Crippen LogP contribution in [-0.4, -0.2) is 38.9 Å². The Labute approximate surface area is 389 Å². The molecule has 0 atom stereocenters. The van der Waals surface area contributed by atoms with Crippen LogP contribution in [0.1, 0.15) is 5.56 Å². The lowest BCUT2D eigenvalue weighted by atomic mass is 9.79. The highest BCUT2D eigenvalue weighted by Gasteiger charge is 2.25. The second kappa shape index (κ2) is 17.8. The molecule has 9 aromatic rings. The summed E-state index contributed by atoms with van der Waals surface area (Å²) in [4.78, 5) is -0.928. The summed E-state index contributed by atoms with van der Waals surface area (Å²) in [6.07, 6.45) is 0. The fourth-order valence-electron chi connectivity index (χ4n) is 8.73. The number of hydrogen-bond acceptors (Lipinski definition) is 6. The van der Waals surface area contributed by atoms with Crippen molar-refractivity contribution in [3.8, 4) is 89.0 Å². The zero-order chi connectivity index (χ0) is 47.1. The molecule has 0 saturated heterocycles. The van der Waals surface area contributed by atoms with E-state index >= 15 is 0 Å². The quantitative estimate of drug-likeness (QED) is 0.107. The third-order valence-electron chi connectivity index (χ3n) is 11.8. The Bertz CT molecular complexity index is 3640. The van der Waals surface area contributed by atoms with Gasteiger partial charge in [0.15, 0.2) is 0 Å². The topological polar surface area (TPSA) is 163 Å². The molecule has 67 heavy (non-hydrogen) atoms. The molecule has 9 nitrogen and oxygen atoms in total. The number of benzene rings is 9. The monoisotopic (exact) mass is 940 g/mol. The van der Waals surface area contributed by atoms with E-state index in [-0.39, 0.29) is 14.7 Å². The van der Waals surface area contributed by atoms with Crippen LogP contribution in [0.3, 0.4) is 0 Å². The predicted molar refractivity (Wildman–Crippen MR) is 264 cm³/mol. The summed E-state index contributed by atoms with van der Waals surface area (Å²) in [5.74, 6) is 0. The van der Waals surface area contributed by atoms with Gasteiger partial charge in [-0.15, -0.1) is 0 Å². The molecule has 332 valence electrons. The number of hydrogen-bond donors (Lipinski definition) is 3. The lowest BCUT2D eigenvalue weighted by Gasteiger charge is -2.24. The van der Waals surface area contributed by atoms with Crippen LogP contribution < -0.4 is 0 Å². The molecule has 9 rings (SSSR count). The lowest BCUT2D eigenvalue weighted by molar-refractivity contribution is 0.481. The van der Waals surface area contributed by atoms with Crippen LogP contribution in [0.4, 0.5) is 0 Å². The van der Waals surface area contributed by atoms with Gasteiger partial charge in [0, 0.05) is 0 Å². The third kappa shape index (κ3) is 9.14. The normalized spacial score (nSPS) is 11.9. The van der Waals surface area contributed by atoms with Crippen LogP contribution >= 0.6 is 0 Å². The minimum Gasteiger partial charge on any atom is -0.282 e. The summed E-state index contributed by atoms with van der Waals surface area (Å²) in [5.41, 5.74) is 14.1. The van der Waals surface area contributed by atoms with Gasteiger partial charge >= 0.3 is 0 Å². The average molecular weight is 941 g/mol. The van der Waals surface area contributed by atoms with Crippen molar-refractivity contribution in [1.29, 1.82) is 0 Å². The first-order valence-corrected chi connectivity index (χ1v) is 25.2. The van der Waals surface area contributed by atoms with Gasteiger partial charge in [0.05, 0.1) is 14.7 Å². The van der Waals surface area contributed by atoms with Crippen molar-refractivity contribution >= 4 is 30.4 Å². The van der Waals surface area contributed by atoms with E-state index in [1.165, 1.54) is 36.4 Å². The standard InChI is InChI=1S/C55H40O9S3/c1-36-35-50(37-11-5-2-6-12-37)54(55(41-15-9-4-10-16-41)51(36)40-13-7-3-8-14-40)43-19-17-42(18-20-43)52-48(38-21-27-45(28-22-38)65(56,57)58)33-34-49(39-23-29-46(30-24-39)66(59,60)61)53(52)44-25-31-47(32-26-44)67(62,63)64/h2-35H,1H3,(H,56,57,58)(H,59,60,61)(H,62,63,64). The van der Waals surface area contributed by atoms with Crippen molar-refractivity contribution in [3.63, 3.8) is 0 Å². The van der Waals surface area contributed by atoms with Crippen molar-refractivity contribution in [1.82, 2.24) is 0 Å². The number of rotatable bonds is 11. The third-order valence-corrected chi connectivity index (χ3v) is 14.4. The molecule has 0 saturated carbocycles. The zero-order valence-corrected chi connectivity index (χ0v) is 38.1. The van der Waals surface area contributed by atoms with Gasteiger partial charge in [-0.1, -0.05) is 170 Å². The highest BCUT2D eigenvalue weighted by atomic mass is 32.2. The Balaban J connectivity index is 1.35. The van der Waals surface area contributed by atoms with E-state index < -0.39 is 30.4 Å². The molecule has 0 aliphatic rings. The molecule has 12 heteroatoms. The zero-order valence-electron chi connectivity index (χ0n) is 35.6. The summed E-state index contributed by atoms with van der Waals surface area (Å²) >= 11 is 0. The highest BCUT2D eigenvalue weighted by Crippen LogP contribution is 2.50. The van der Waals surface area contributed by atoms with Gasteiger partial charge in [-0.25, -0.2) is 0 Å². The van der Waals surface area contributed by atoms with Gasteiger partial charge < -0.3 is 0 Å². The summed E-state index contributed by atoms with van der Waals surface area (Å²) in [5, 5.41) is 0. The molecule has 9 aromatic carbocycles. The Morgan fingerprint density at radius 2 is 0.522 bits per heavy atom. The van der Waals surface area contributed by atoms with Crippen molar-refractivity contribution in [2.45, 2.75) is 21.6 Å². The van der Waals surface area contributed by atoms with Gasteiger partial charge in [0.25, 0.3) is 30.4 Å². The van der Waals surface area contributed by atoms with E-state index in [1.54, 1.807) is 36.4 Å². The molecule has 0 amide bonds. The minimum atomic E-state index is -4.56. The molecule has 0 unspecified atom stereocenters. The molecule has 0 aliphatic heterocycles. The van der Waals surface area contributed by atoms with Crippen molar-refractivity contribution < 1.29 is 38.9 Å². The summed E-state index contributed by atoms with van der Waals surface area (Å²) < 4.78 is 102. The van der Waals surface area contributed by atoms with Crippen molar-refractivity contribution in [3.05, 3.63) is 212 Å². The van der Waals surface area contributed by atoms with Crippen molar-refractivity contribution in [2.24, 2.45) is 0 Å². The minimum absolute atomic E-state index is 0.296. The van der Waals surface area contributed by atoms with E-state index in [1.807, 2.05) is 78.9 Å². The average Bonchev–Trinajstić information content (AvgIpc) is 3.33. The summed E-state index contributed by atoms with van der Waals surface area (Å²) in [6.45, 7) is 2.13. The highest BCUT2D eigenvalue weighted by molar-refractivity contribution is 7.86. The molecule has 3 N–H and O–H groups in total. The molecule has 0 aromatic heterocycles. The molecule has 0 bridgehead atoms. The lowest BCUT2D eigenvalue weighted by Crippen LogP contribution is -2.00. The van der Waals surface area contributed by atoms with Crippen LogP contribution in [0.15, 0.2) is 221 Å². The van der Waals surface area contributed by atoms with E-state index in [0.29, 0.717) is 44.5 Å². The number of aryl methyl sites for hydroxylation is 1. The van der Waals surface area contributed by atoms with Crippen LogP contribution in [0.2, 0.25) is 0 Å². The van der Waals surface area contributed by atoms with Crippen LogP contribution in [0, 0.1) is 6.92 Å². The van der Waals surface area contributed by atoms with Gasteiger partial charge in [0.1, 0.15) is 0 Å². The van der Waals surface area contributed by atoms with Crippen molar-refractivity contribution in [2.75, 3.05) is 0 Å². The van der Waals surface area contributed by atoms with E-state index in [2.05, 4.69) is 61.5 Å². The first-order chi connectivity index (χ1) is 32.1. The van der Waals surface area contributed by atoms with Gasteiger partial charge in [-0.2, -0.15) is 25.3 Å². The van der Waals surface area contributed by atoms with E-state index in [0.717, 1.165) is 50.1 Å². The smallest absolute Gasteiger partial charge is 0.282 e. The first kappa shape index (κ1) is 44.9. The Morgan fingerprint density at radius 3 is 0.866 bits per heavy atom. The summed E-state index contributed by atoms with van der Waals surface area (Å²) in [7, 11) is -13.6. The maximum absolute atomic E-state index is 12.2. The van der Waals surface area contributed by atoms with Crippen LogP contribution in [0.25, 0.3) is 89.0 Å². The van der Waals surface area contributed by atoms with Gasteiger partial charge in [-0.05, 0) is 138 Å². The molecule has 0 aliphatic carbocycles. The Hall–Kier alpha value is -7.29. The first-order valence-electron chi connectivity index (χ1n) is 20.9. The SMILES string of the molecule is Cc1cc(-c2ccccc2)c(-c2ccc(-c3c(-c4ccc(S(=O)(=O)O)cc4)ccc(-c4ccc(S(=O)(=O)O)cc4)c3-c3ccc(S(=O)(=O)O)cc3)cc2)c(-c2ccccc2)c1-c1ccccc1.